The molecule has 0 aliphatic carbocycles. The number of H-pyrrole nitrogens is 1. The summed E-state index contributed by atoms with van der Waals surface area (Å²) in [5.74, 6) is -0.348. The number of aromatic amines is 1. The van der Waals surface area contributed by atoms with Gasteiger partial charge < -0.3 is 9.72 Å². The molecule has 1 heterocycles. The first-order chi connectivity index (χ1) is 9.20. The molecule has 0 spiro atoms. The van der Waals surface area contributed by atoms with Crippen LogP contribution < -0.4 is 0 Å². The molecule has 0 aliphatic heterocycles. The van der Waals surface area contributed by atoms with E-state index in [4.69, 9.17) is 16.3 Å². The van der Waals surface area contributed by atoms with E-state index in [1.807, 2.05) is 30.3 Å². The largest absolute Gasteiger partial charge is 0.461 e. The third-order valence-corrected chi connectivity index (χ3v) is 3.39. The molecule has 0 aliphatic rings. The normalized spacial score (nSPS) is 11.1. The van der Waals surface area contributed by atoms with Crippen LogP contribution >= 0.6 is 11.6 Å². The molecule has 1 aromatic heterocycles. The summed E-state index contributed by atoms with van der Waals surface area (Å²) >= 11 is 6.26. The van der Waals surface area contributed by atoms with E-state index >= 15 is 0 Å². The predicted octanol–water partition coefficient (Wildman–Crippen LogP) is 4.15. The van der Waals surface area contributed by atoms with Gasteiger partial charge in [0.15, 0.2) is 0 Å². The van der Waals surface area contributed by atoms with Crippen molar-refractivity contribution >= 4 is 39.2 Å². The minimum Gasteiger partial charge on any atom is -0.461 e. The summed E-state index contributed by atoms with van der Waals surface area (Å²) in [6.07, 6.45) is 0. The molecule has 0 bridgehead atoms. The fourth-order valence-corrected chi connectivity index (χ4v) is 2.53. The first kappa shape index (κ1) is 12.1. The molecule has 4 heteroatoms. The first-order valence-electron chi connectivity index (χ1n) is 6.08. The molecule has 0 radical (unpaired) electrons. The fourth-order valence-electron chi connectivity index (χ4n) is 2.25. The number of fused-ring (bicyclic) bond motifs is 3. The maximum Gasteiger partial charge on any atom is 0.354 e. The molecule has 96 valence electrons. The average Bonchev–Trinajstić information content (AvgIpc) is 2.83. The van der Waals surface area contributed by atoms with Gasteiger partial charge in [0.25, 0.3) is 0 Å². The fraction of sp³-hybridized carbons (Fsp3) is 0.133. The van der Waals surface area contributed by atoms with Gasteiger partial charge in [0.1, 0.15) is 5.69 Å². The van der Waals surface area contributed by atoms with Crippen molar-refractivity contribution < 1.29 is 9.53 Å². The number of halogens is 1. The van der Waals surface area contributed by atoms with E-state index in [1.54, 1.807) is 13.0 Å². The molecule has 1 N–H and O–H groups in total. The smallest absolute Gasteiger partial charge is 0.354 e. The maximum absolute atomic E-state index is 11.7. The van der Waals surface area contributed by atoms with Gasteiger partial charge in [0.2, 0.25) is 0 Å². The van der Waals surface area contributed by atoms with E-state index in [-0.39, 0.29) is 5.97 Å². The predicted molar refractivity (Wildman–Crippen MR) is 76.8 cm³/mol. The van der Waals surface area contributed by atoms with Crippen molar-refractivity contribution in [2.45, 2.75) is 6.92 Å². The number of esters is 1. The number of ether oxygens (including phenoxy) is 1. The first-order valence-corrected chi connectivity index (χ1v) is 6.45. The third-order valence-electron chi connectivity index (χ3n) is 3.08. The molecule has 3 rings (SSSR count). The van der Waals surface area contributed by atoms with Gasteiger partial charge in [-0.3, -0.25) is 0 Å². The molecule has 0 saturated heterocycles. The Hall–Kier alpha value is -2.00. The van der Waals surface area contributed by atoms with Crippen molar-refractivity contribution in [1.82, 2.24) is 4.98 Å². The summed E-state index contributed by atoms with van der Waals surface area (Å²) in [4.78, 5) is 14.9. The Kier molecular flexibility index (Phi) is 2.91. The van der Waals surface area contributed by atoms with Gasteiger partial charge in [-0.05, 0) is 19.1 Å². The Morgan fingerprint density at radius 1 is 1.26 bits per heavy atom. The van der Waals surface area contributed by atoms with Gasteiger partial charge in [0.05, 0.1) is 12.1 Å². The van der Waals surface area contributed by atoms with E-state index in [0.717, 1.165) is 21.7 Å². The Morgan fingerprint density at radius 3 is 2.74 bits per heavy atom. The van der Waals surface area contributed by atoms with Crippen LogP contribution in [0.15, 0.2) is 36.4 Å². The topological polar surface area (TPSA) is 42.1 Å². The highest BCUT2D eigenvalue weighted by Crippen LogP contribution is 2.31. The maximum atomic E-state index is 11.7. The number of hydrogen-bond donors (Lipinski definition) is 1. The van der Waals surface area contributed by atoms with Crippen LogP contribution in [0.2, 0.25) is 5.02 Å². The summed E-state index contributed by atoms with van der Waals surface area (Å²) in [7, 11) is 0. The Balaban J connectivity index is 2.28. The highest BCUT2D eigenvalue weighted by atomic mass is 35.5. The lowest BCUT2D eigenvalue weighted by molar-refractivity contribution is 0.0520. The highest BCUT2D eigenvalue weighted by Gasteiger charge is 2.13. The van der Waals surface area contributed by atoms with Crippen LogP contribution in [0, 0.1) is 0 Å². The molecule has 0 fully saturated rings. The van der Waals surface area contributed by atoms with Crippen LogP contribution in [-0.2, 0) is 4.74 Å². The number of benzene rings is 2. The van der Waals surface area contributed by atoms with Crippen molar-refractivity contribution in [3.8, 4) is 0 Å². The number of hydrogen-bond acceptors (Lipinski definition) is 2. The SMILES string of the molecule is CCOC(=O)c1cc2cc(Cl)c3ccccc3c2[nH]1. The summed E-state index contributed by atoms with van der Waals surface area (Å²) in [6.45, 7) is 2.14. The second-order valence-electron chi connectivity index (χ2n) is 4.27. The van der Waals surface area contributed by atoms with Crippen LogP contribution in [0.1, 0.15) is 17.4 Å². The molecular weight excluding hydrogens is 262 g/mol. The van der Waals surface area contributed by atoms with Gasteiger partial charge in [-0.25, -0.2) is 4.79 Å². The Labute approximate surface area is 115 Å². The zero-order valence-corrected chi connectivity index (χ0v) is 11.1. The Morgan fingerprint density at radius 2 is 2.00 bits per heavy atom. The van der Waals surface area contributed by atoms with E-state index in [9.17, 15) is 4.79 Å². The number of carbonyl (C=O) groups is 1. The van der Waals surface area contributed by atoms with E-state index in [2.05, 4.69) is 4.98 Å². The van der Waals surface area contributed by atoms with Crippen LogP contribution in [0.3, 0.4) is 0 Å². The molecule has 0 atom stereocenters. The summed E-state index contributed by atoms with van der Waals surface area (Å²) in [5.41, 5.74) is 1.35. The van der Waals surface area contributed by atoms with E-state index in [0.29, 0.717) is 17.3 Å². The number of aromatic nitrogens is 1. The molecule has 0 saturated carbocycles. The summed E-state index contributed by atoms with van der Waals surface area (Å²) in [6, 6.07) is 11.5. The molecule has 2 aromatic carbocycles. The third kappa shape index (κ3) is 1.96. The summed E-state index contributed by atoms with van der Waals surface area (Å²) < 4.78 is 5.00. The van der Waals surface area contributed by atoms with Crippen molar-refractivity contribution in [1.29, 1.82) is 0 Å². The highest BCUT2D eigenvalue weighted by molar-refractivity contribution is 6.37. The second-order valence-corrected chi connectivity index (χ2v) is 4.68. The van der Waals surface area contributed by atoms with Crippen LogP contribution in [0.5, 0.6) is 0 Å². The average molecular weight is 274 g/mol. The number of rotatable bonds is 2. The van der Waals surface area contributed by atoms with Crippen molar-refractivity contribution in [3.63, 3.8) is 0 Å². The summed E-state index contributed by atoms with van der Waals surface area (Å²) in [5, 5.41) is 3.55. The quantitative estimate of drug-likeness (QED) is 0.713. The number of carbonyl (C=O) groups excluding carboxylic acids is 1. The van der Waals surface area contributed by atoms with Gasteiger partial charge in [-0.2, -0.15) is 0 Å². The molecule has 19 heavy (non-hydrogen) atoms. The minimum absolute atomic E-state index is 0.348. The zero-order valence-electron chi connectivity index (χ0n) is 10.4. The van der Waals surface area contributed by atoms with E-state index in [1.165, 1.54) is 0 Å². The van der Waals surface area contributed by atoms with Crippen LogP contribution in [0.25, 0.3) is 21.7 Å². The number of nitrogens with one attached hydrogen (secondary N) is 1. The Bertz CT molecular complexity index is 776. The van der Waals surface area contributed by atoms with Crippen molar-refractivity contribution in [3.05, 3.63) is 47.1 Å². The molecule has 3 nitrogen and oxygen atoms in total. The molecule has 0 unspecified atom stereocenters. The van der Waals surface area contributed by atoms with Crippen molar-refractivity contribution in [2.24, 2.45) is 0 Å². The monoisotopic (exact) mass is 273 g/mol. The van der Waals surface area contributed by atoms with E-state index < -0.39 is 0 Å². The molecular formula is C15H12ClNO2. The lowest BCUT2D eigenvalue weighted by atomic mass is 10.1. The zero-order chi connectivity index (χ0) is 13.4. The standard InChI is InChI=1S/C15H12ClNO2/c1-2-19-15(18)13-8-9-7-12(16)10-5-3-4-6-11(10)14(9)17-13/h3-8,17H,2H2,1H3. The van der Waals surface area contributed by atoms with Gasteiger partial charge in [-0.15, -0.1) is 0 Å². The second kappa shape index (κ2) is 4.59. The van der Waals surface area contributed by atoms with Crippen LogP contribution in [-0.4, -0.2) is 17.6 Å². The lowest BCUT2D eigenvalue weighted by Crippen LogP contribution is -2.04. The lowest BCUT2D eigenvalue weighted by Gasteiger charge is -2.01. The molecule has 0 amide bonds. The van der Waals surface area contributed by atoms with Gasteiger partial charge in [-0.1, -0.05) is 35.9 Å². The minimum atomic E-state index is -0.348. The molecule has 3 aromatic rings. The van der Waals surface area contributed by atoms with Gasteiger partial charge in [0, 0.05) is 21.2 Å². The van der Waals surface area contributed by atoms with Crippen LogP contribution in [0.4, 0.5) is 0 Å². The van der Waals surface area contributed by atoms with Crippen molar-refractivity contribution in [2.75, 3.05) is 6.61 Å². The van der Waals surface area contributed by atoms with Gasteiger partial charge >= 0.3 is 5.97 Å².